The number of carbonyl (C=O) groups excluding carboxylic acids is 1. The highest BCUT2D eigenvalue weighted by molar-refractivity contribution is 7.99. The standard InChI is InChI=1S/C24H27N5O2S/c1-5-27(6-2)21(30)15-32-24-26-25-23-28(19-13-9-7-11-17(19)16(3)4)22(31)18-12-8-10-14-20(18)29(23)24/h7-14,16H,5-6,15H2,1-4H3. The zero-order chi connectivity index (χ0) is 22.8. The maximum Gasteiger partial charge on any atom is 0.267 e. The van der Waals surface area contributed by atoms with Gasteiger partial charge in [-0.2, -0.15) is 0 Å². The Hall–Kier alpha value is -3.13. The number of fused-ring (bicyclic) bond motifs is 3. The zero-order valence-electron chi connectivity index (χ0n) is 18.8. The molecule has 0 saturated heterocycles. The van der Waals surface area contributed by atoms with Crippen molar-refractivity contribution < 1.29 is 4.79 Å². The summed E-state index contributed by atoms with van der Waals surface area (Å²) in [5.74, 6) is 0.991. The van der Waals surface area contributed by atoms with Gasteiger partial charge in [-0.3, -0.25) is 14.0 Å². The highest BCUT2D eigenvalue weighted by Crippen LogP contribution is 2.27. The lowest BCUT2D eigenvalue weighted by Crippen LogP contribution is -2.31. The van der Waals surface area contributed by atoms with Crippen LogP contribution in [-0.4, -0.2) is 48.8 Å². The summed E-state index contributed by atoms with van der Waals surface area (Å²) < 4.78 is 3.52. The van der Waals surface area contributed by atoms with Gasteiger partial charge in [0.1, 0.15) is 0 Å². The Morgan fingerprint density at radius 1 is 1.03 bits per heavy atom. The number of para-hydroxylation sites is 2. The first-order valence-electron chi connectivity index (χ1n) is 10.9. The van der Waals surface area contributed by atoms with Gasteiger partial charge in [0.05, 0.1) is 22.3 Å². The average Bonchev–Trinajstić information content (AvgIpc) is 3.22. The van der Waals surface area contributed by atoms with E-state index < -0.39 is 0 Å². The van der Waals surface area contributed by atoms with Crippen molar-refractivity contribution in [3.8, 4) is 5.69 Å². The largest absolute Gasteiger partial charge is 0.343 e. The van der Waals surface area contributed by atoms with Gasteiger partial charge in [0, 0.05) is 13.1 Å². The number of nitrogens with zero attached hydrogens (tertiary/aromatic N) is 5. The van der Waals surface area contributed by atoms with Crippen molar-refractivity contribution in [2.45, 2.75) is 38.8 Å². The normalized spacial score (nSPS) is 11.5. The molecule has 7 nitrogen and oxygen atoms in total. The molecule has 166 valence electrons. The van der Waals surface area contributed by atoms with Gasteiger partial charge in [-0.25, -0.2) is 4.57 Å². The van der Waals surface area contributed by atoms with Crippen LogP contribution in [0.1, 0.15) is 39.2 Å². The molecule has 2 heterocycles. The maximum absolute atomic E-state index is 13.6. The quantitative estimate of drug-likeness (QED) is 0.397. The van der Waals surface area contributed by atoms with E-state index >= 15 is 0 Å². The van der Waals surface area contributed by atoms with Gasteiger partial charge < -0.3 is 4.90 Å². The molecule has 0 aliphatic carbocycles. The number of hydrogen-bond donors (Lipinski definition) is 0. The SMILES string of the molecule is CCN(CC)C(=O)CSc1nnc2n(-c3ccccc3C(C)C)c(=O)c3ccccc3n12. The lowest BCUT2D eigenvalue weighted by atomic mass is 10.0. The molecule has 8 heteroatoms. The van der Waals surface area contributed by atoms with Crippen LogP contribution < -0.4 is 5.56 Å². The van der Waals surface area contributed by atoms with Crippen molar-refractivity contribution in [3.63, 3.8) is 0 Å². The highest BCUT2D eigenvalue weighted by atomic mass is 32.2. The van der Waals surface area contributed by atoms with E-state index in [1.807, 2.05) is 66.8 Å². The Kier molecular flexibility index (Phi) is 6.32. The van der Waals surface area contributed by atoms with Crippen LogP contribution in [0, 0.1) is 0 Å². The summed E-state index contributed by atoms with van der Waals surface area (Å²) in [5, 5.41) is 9.94. The second-order valence-corrected chi connectivity index (χ2v) is 8.79. The lowest BCUT2D eigenvalue weighted by Gasteiger charge is -2.18. The Balaban J connectivity index is 1.93. The smallest absolute Gasteiger partial charge is 0.267 e. The molecule has 0 saturated carbocycles. The Labute approximate surface area is 191 Å². The van der Waals surface area contributed by atoms with Crippen molar-refractivity contribution in [3.05, 3.63) is 64.4 Å². The fourth-order valence-electron chi connectivity index (χ4n) is 3.96. The van der Waals surface area contributed by atoms with Gasteiger partial charge in [0.25, 0.3) is 5.56 Å². The molecular weight excluding hydrogens is 422 g/mol. The molecular formula is C24H27N5O2S. The third-order valence-corrected chi connectivity index (χ3v) is 6.55. The molecule has 0 fully saturated rings. The average molecular weight is 450 g/mol. The lowest BCUT2D eigenvalue weighted by molar-refractivity contribution is -0.127. The second kappa shape index (κ2) is 9.16. The Morgan fingerprint density at radius 2 is 1.72 bits per heavy atom. The van der Waals surface area contributed by atoms with Crippen molar-refractivity contribution in [2.75, 3.05) is 18.8 Å². The van der Waals surface area contributed by atoms with Crippen LogP contribution in [0.15, 0.2) is 58.5 Å². The number of thioether (sulfide) groups is 1. The third kappa shape index (κ3) is 3.79. The summed E-state index contributed by atoms with van der Waals surface area (Å²) >= 11 is 1.34. The zero-order valence-corrected chi connectivity index (χ0v) is 19.6. The maximum atomic E-state index is 13.6. The number of rotatable bonds is 7. The molecule has 4 rings (SSSR count). The van der Waals surface area contributed by atoms with Crippen molar-refractivity contribution in [1.82, 2.24) is 24.1 Å². The number of amides is 1. The number of aromatic nitrogens is 4. The van der Waals surface area contributed by atoms with Crippen LogP contribution in [0.25, 0.3) is 22.4 Å². The number of hydrogen-bond acceptors (Lipinski definition) is 5. The summed E-state index contributed by atoms with van der Waals surface area (Å²) in [5.41, 5.74) is 2.45. The molecule has 0 aliphatic heterocycles. The molecule has 32 heavy (non-hydrogen) atoms. The molecule has 0 aliphatic rings. The van der Waals surface area contributed by atoms with Crippen LogP contribution in [0.4, 0.5) is 0 Å². The second-order valence-electron chi connectivity index (χ2n) is 7.84. The van der Waals surface area contributed by atoms with Crippen LogP contribution in [0.2, 0.25) is 0 Å². The minimum Gasteiger partial charge on any atom is -0.343 e. The van der Waals surface area contributed by atoms with Crippen LogP contribution in [0.5, 0.6) is 0 Å². The monoisotopic (exact) mass is 449 g/mol. The molecule has 0 bridgehead atoms. The molecule has 2 aromatic heterocycles. The molecule has 0 N–H and O–H groups in total. The Morgan fingerprint density at radius 3 is 2.44 bits per heavy atom. The molecule has 4 aromatic rings. The van der Waals surface area contributed by atoms with E-state index in [0.717, 1.165) is 16.8 Å². The van der Waals surface area contributed by atoms with E-state index in [4.69, 9.17) is 0 Å². The predicted molar refractivity (Wildman–Crippen MR) is 129 cm³/mol. The fourth-order valence-corrected chi connectivity index (χ4v) is 4.81. The van der Waals surface area contributed by atoms with Gasteiger partial charge >= 0.3 is 0 Å². The first kappa shape index (κ1) is 22.1. The van der Waals surface area contributed by atoms with E-state index in [0.29, 0.717) is 29.4 Å². The van der Waals surface area contributed by atoms with Gasteiger partial charge in [-0.05, 0) is 43.5 Å². The summed E-state index contributed by atoms with van der Waals surface area (Å²) in [6.45, 7) is 9.49. The first-order chi connectivity index (χ1) is 15.5. The van der Waals surface area contributed by atoms with Gasteiger partial charge in [-0.15, -0.1) is 10.2 Å². The summed E-state index contributed by atoms with van der Waals surface area (Å²) in [6.07, 6.45) is 0. The third-order valence-electron chi connectivity index (χ3n) is 5.64. The summed E-state index contributed by atoms with van der Waals surface area (Å²) in [6, 6.07) is 15.3. The van der Waals surface area contributed by atoms with Crippen molar-refractivity contribution in [1.29, 1.82) is 0 Å². The topological polar surface area (TPSA) is 72.5 Å². The minimum atomic E-state index is -0.135. The van der Waals surface area contributed by atoms with Crippen LogP contribution in [0.3, 0.4) is 0 Å². The van der Waals surface area contributed by atoms with Crippen LogP contribution in [-0.2, 0) is 4.79 Å². The number of carbonyl (C=O) groups is 1. The van der Waals surface area contributed by atoms with E-state index in [-0.39, 0.29) is 23.1 Å². The van der Waals surface area contributed by atoms with E-state index in [9.17, 15) is 9.59 Å². The van der Waals surface area contributed by atoms with Gasteiger partial charge in [0.2, 0.25) is 11.7 Å². The molecule has 0 radical (unpaired) electrons. The van der Waals surface area contributed by atoms with E-state index in [1.165, 1.54) is 11.8 Å². The molecule has 2 aromatic carbocycles. The fraction of sp³-hybridized carbons (Fsp3) is 0.333. The van der Waals surface area contributed by atoms with Crippen LogP contribution >= 0.6 is 11.8 Å². The number of benzene rings is 2. The minimum absolute atomic E-state index is 0.0551. The predicted octanol–water partition coefficient (Wildman–Crippen LogP) is 4.12. The van der Waals surface area contributed by atoms with E-state index in [2.05, 4.69) is 24.0 Å². The van der Waals surface area contributed by atoms with Crippen molar-refractivity contribution in [2.24, 2.45) is 0 Å². The van der Waals surface area contributed by atoms with E-state index in [1.54, 1.807) is 9.47 Å². The van der Waals surface area contributed by atoms with Crippen molar-refractivity contribution >= 4 is 34.3 Å². The first-order valence-corrected chi connectivity index (χ1v) is 11.8. The molecule has 1 amide bonds. The molecule has 0 atom stereocenters. The summed E-state index contributed by atoms with van der Waals surface area (Å²) in [4.78, 5) is 27.9. The molecule has 0 unspecified atom stereocenters. The molecule has 0 spiro atoms. The highest BCUT2D eigenvalue weighted by Gasteiger charge is 2.21. The van der Waals surface area contributed by atoms with Gasteiger partial charge in [0.15, 0.2) is 5.16 Å². The van der Waals surface area contributed by atoms with Gasteiger partial charge in [-0.1, -0.05) is 55.9 Å². The Bertz CT molecular complexity index is 1340. The summed E-state index contributed by atoms with van der Waals surface area (Å²) in [7, 11) is 0.